The lowest BCUT2D eigenvalue weighted by Gasteiger charge is -2.31. The SMILES string of the molecule is CN(Cc1ccccn1)C(=O)C1(C)C=NNC1C(=O)Nc1ccn2cc(-c3ccccc3)nc2n1. The number of rotatable bonds is 6. The van der Waals surface area contributed by atoms with E-state index in [9.17, 15) is 9.59 Å². The molecule has 0 saturated heterocycles. The lowest BCUT2D eigenvalue weighted by atomic mass is 9.82. The van der Waals surface area contributed by atoms with Crippen LogP contribution in [0.2, 0.25) is 0 Å². The van der Waals surface area contributed by atoms with Crippen LogP contribution in [0.4, 0.5) is 5.82 Å². The Morgan fingerprint density at radius 3 is 2.69 bits per heavy atom. The minimum absolute atomic E-state index is 0.249. The molecule has 0 bridgehead atoms. The minimum Gasteiger partial charge on any atom is -0.339 e. The highest BCUT2D eigenvalue weighted by molar-refractivity contribution is 6.08. The first kappa shape index (κ1) is 22.2. The van der Waals surface area contributed by atoms with E-state index < -0.39 is 17.4 Å². The van der Waals surface area contributed by atoms with Crippen LogP contribution >= 0.6 is 0 Å². The van der Waals surface area contributed by atoms with E-state index in [-0.39, 0.29) is 5.91 Å². The van der Waals surface area contributed by atoms with Crippen LogP contribution in [0.5, 0.6) is 0 Å². The van der Waals surface area contributed by atoms with Crippen molar-refractivity contribution in [2.45, 2.75) is 19.5 Å². The first-order valence-electron chi connectivity index (χ1n) is 11.1. The molecule has 1 aromatic carbocycles. The van der Waals surface area contributed by atoms with Gasteiger partial charge in [0.05, 0.1) is 17.9 Å². The third-order valence-electron chi connectivity index (χ3n) is 5.98. The molecule has 35 heavy (non-hydrogen) atoms. The fraction of sp³-hybridized carbons (Fsp3) is 0.200. The maximum Gasteiger partial charge on any atom is 0.251 e. The maximum absolute atomic E-state index is 13.3. The van der Waals surface area contributed by atoms with Gasteiger partial charge in [-0.3, -0.25) is 24.4 Å². The van der Waals surface area contributed by atoms with Crippen LogP contribution in [0.15, 0.2) is 78.3 Å². The number of hydrogen-bond donors (Lipinski definition) is 2. The molecule has 0 spiro atoms. The number of anilines is 1. The van der Waals surface area contributed by atoms with Gasteiger partial charge in [-0.1, -0.05) is 36.4 Å². The van der Waals surface area contributed by atoms with Crippen molar-refractivity contribution in [3.63, 3.8) is 0 Å². The van der Waals surface area contributed by atoms with Crippen molar-refractivity contribution < 1.29 is 9.59 Å². The molecule has 5 rings (SSSR count). The molecule has 0 saturated carbocycles. The van der Waals surface area contributed by atoms with Crippen LogP contribution in [0.1, 0.15) is 12.6 Å². The smallest absolute Gasteiger partial charge is 0.251 e. The van der Waals surface area contributed by atoms with Crippen molar-refractivity contribution in [2.24, 2.45) is 10.5 Å². The predicted octanol–water partition coefficient (Wildman–Crippen LogP) is 2.35. The molecular weight excluding hydrogens is 444 g/mol. The summed E-state index contributed by atoms with van der Waals surface area (Å²) in [6.45, 7) is 2.01. The number of aromatic nitrogens is 4. The van der Waals surface area contributed by atoms with Gasteiger partial charge in [-0.15, -0.1) is 0 Å². The van der Waals surface area contributed by atoms with Crippen LogP contribution in [-0.2, 0) is 16.1 Å². The van der Waals surface area contributed by atoms with Crippen LogP contribution in [0, 0.1) is 5.41 Å². The number of fused-ring (bicyclic) bond motifs is 1. The summed E-state index contributed by atoms with van der Waals surface area (Å²) in [6, 6.07) is 16.1. The van der Waals surface area contributed by atoms with Crippen molar-refractivity contribution in [1.29, 1.82) is 0 Å². The molecule has 2 N–H and O–H groups in total. The molecule has 2 atom stereocenters. The van der Waals surface area contributed by atoms with Crippen molar-refractivity contribution in [1.82, 2.24) is 29.7 Å². The molecule has 1 aliphatic rings. The Morgan fingerprint density at radius 2 is 1.91 bits per heavy atom. The summed E-state index contributed by atoms with van der Waals surface area (Å²) in [5, 5.41) is 6.84. The van der Waals surface area contributed by atoms with Gasteiger partial charge >= 0.3 is 0 Å². The zero-order valence-corrected chi connectivity index (χ0v) is 19.3. The zero-order chi connectivity index (χ0) is 24.4. The number of imidazole rings is 1. The highest BCUT2D eigenvalue weighted by Crippen LogP contribution is 2.28. The molecule has 0 fully saturated rings. The molecule has 4 aromatic rings. The quantitative estimate of drug-likeness (QED) is 0.449. The molecule has 2 unspecified atom stereocenters. The van der Waals surface area contributed by atoms with Crippen molar-refractivity contribution >= 4 is 29.6 Å². The van der Waals surface area contributed by atoms with E-state index in [0.717, 1.165) is 17.0 Å². The third kappa shape index (κ3) is 4.33. The largest absolute Gasteiger partial charge is 0.339 e. The second-order valence-electron chi connectivity index (χ2n) is 8.59. The molecule has 176 valence electrons. The van der Waals surface area contributed by atoms with Crippen molar-refractivity contribution in [2.75, 3.05) is 12.4 Å². The van der Waals surface area contributed by atoms with Gasteiger partial charge in [0.2, 0.25) is 11.7 Å². The standard InChI is InChI=1S/C25H24N8O2/c1-25(23(35)32(2)14-18-10-6-7-12-26-18)16-27-31-21(25)22(34)29-20-11-13-33-15-19(28-24(33)30-20)17-8-4-3-5-9-17/h3-13,15-16,21,31H,14H2,1-2H3,(H,28,29,30,34). The van der Waals surface area contributed by atoms with Crippen LogP contribution in [0.25, 0.3) is 17.0 Å². The minimum atomic E-state index is -1.18. The van der Waals surface area contributed by atoms with Crippen LogP contribution in [0.3, 0.4) is 0 Å². The van der Waals surface area contributed by atoms with E-state index in [2.05, 4.69) is 30.8 Å². The Kier molecular flexibility index (Phi) is 5.69. The molecule has 3 aromatic heterocycles. The molecular formula is C25H24N8O2. The average Bonchev–Trinajstić information content (AvgIpc) is 3.48. The summed E-state index contributed by atoms with van der Waals surface area (Å²) in [6.07, 6.45) is 6.81. The summed E-state index contributed by atoms with van der Waals surface area (Å²) in [5.74, 6) is 0.113. The zero-order valence-electron chi connectivity index (χ0n) is 19.3. The Hall–Kier alpha value is -4.60. The number of carbonyl (C=O) groups is 2. The molecule has 4 heterocycles. The second kappa shape index (κ2) is 8.98. The van der Waals surface area contributed by atoms with Crippen molar-refractivity contribution in [3.8, 4) is 11.3 Å². The fourth-order valence-electron chi connectivity index (χ4n) is 4.07. The van der Waals surface area contributed by atoms with E-state index in [1.807, 2.05) is 54.7 Å². The predicted molar refractivity (Wildman–Crippen MR) is 131 cm³/mol. The summed E-state index contributed by atoms with van der Waals surface area (Å²) in [7, 11) is 1.68. The summed E-state index contributed by atoms with van der Waals surface area (Å²) in [5.41, 5.74) is 4.10. The number of carbonyl (C=O) groups excluding carboxylic acids is 2. The number of nitrogens with zero attached hydrogens (tertiary/aromatic N) is 6. The number of hydrazone groups is 1. The maximum atomic E-state index is 13.3. The van der Waals surface area contributed by atoms with Gasteiger partial charge in [0.1, 0.15) is 17.3 Å². The Balaban J connectivity index is 1.31. The summed E-state index contributed by atoms with van der Waals surface area (Å²) < 4.78 is 1.79. The van der Waals surface area contributed by atoms with Gasteiger partial charge in [-0.2, -0.15) is 10.1 Å². The van der Waals surface area contributed by atoms with Gasteiger partial charge in [-0.25, -0.2) is 4.98 Å². The molecule has 10 heteroatoms. The van der Waals surface area contributed by atoms with E-state index in [0.29, 0.717) is 18.1 Å². The number of amides is 2. The van der Waals surface area contributed by atoms with Gasteiger partial charge in [-0.05, 0) is 25.1 Å². The van der Waals surface area contributed by atoms with Crippen LogP contribution < -0.4 is 10.7 Å². The first-order valence-corrected chi connectivity index (χ1v) is 11.1. The molecule has 0 aliphatic carbocycles. The lowest BCUT2D eigenvalue weighted by molar-refractivity contribution is -0.140. The lowest BCUT2D eigenvalue weighted by Crippen LogP contribution is -2.54. The highest BCUT2D eigenvalue weighted by Gasteiger charge is 2.49. The van der Waals surface area contributed by atoms with Crippen LogP contribution in [-0.4, -0.2) is 55.4 Å². The van der Waals surface area contributed by atoms with Gasteiger partial charge in [0, 0.05) is 37.4 Å². The fourth-order valence-corrected chi connectivity index (χ4v) is 4.07. The highest BCUT2D eigenvalue weighted by atomic mass is 16.2. The topological polar surface area (TPSA) is 117 Å². The van der Waals surface area contributed by atoms with E-state index in [1.54, 1.807) is 41.7 Å². The van der Waals surface area contributed by atoms with Gasteiger partial charge < -0.3 is 10.2 Å². The molecule has 0 radical (unpaired) electrons. The average molecular weight is 469 g/mol. The first-order chi connectivity index (χ1) is 16.9. The number of nitrogens with one attached hydrogen (secondary N) is 2. The normalized spacial score (nSPS) is 18.9. The third-order valence-corrected chi connectivity index (χ3v) is 5.98. The Morgan fingerprint density at radius 1 is 1.11 bits per heavy atom. The molecule has 1 aliphatic heterocycles. The Labute approximate surface area is 201 Å². The van der Waals surface area contributed by atoms with E-state index >= 15 is 0 Å². The Bertz CT molecular complexity index is 1400. The number of pyridine rings is 1. The second-order valence-corrected chi connectivity index (χ2v) is 8.59. The number of benzene rings is 1. The van der Waals surface area contributed by atoms with E-state index in [4.69, 9.17) is 0 Å². The summed E-state index contributed by atoms with van der Waals surface area (Å²) >= 11 is 0. The molecule has 10 nitrogen and oxygen atoms in total. The van der Waals surface area contributed by atoms with Crippen molar-refractivity contribution in [3.05, 3.63) is 78.9 Å². The monoisotopic (exact) mass is 468 g/mol. The molecule has 2 amide bonds. The van der Waals surface area contributed by atoms with Gasteiger partial charge in [0.15, 0.2) is 0 Å². The number of hydrogen-bond acceptors (Lipinski definition) is 7. The van der Waals surface area contributed by atoms with E-state index in [1.165, 1.54) is 6.21 Å². The van der Waals surface area contributed by atoms with Gasteiger partial charge in [0.25, 0.3) is 5.91 Å². The summed E-state index contributed by atoms with van der Waals surface area (Å²) in [4.78, 5) is 41.3.